The summed E-state index contributed by atoms with van der Waals surface area (Å²) in [4.78, 5) is 0. The molecule has 0 saturated heterocycles. The van der Waals surface area contributed by atoms with Crippen molar-refractivity contribution < 1.29 is 10.2 Å². The van der Waals surface area contributed by atoms with Crippen molar-refractivity contribution in [1.82, 2.24) is 0 Å². The SMILES string of the molecule is CC1=CC[C@]2(C)C[C@H](O)[C@@]3(C)[C@H](C(C(C)C)=C[C@@H]3O)[C@H]2CC1. The van der Waals surface area contributed by atoms with Gasteiger partial charge in [0.2, 0.25) is 0 Å². The zero-order valence-corrected chi connectivity index (χ0v) is 14.8. The fourth-order valence-electron chi connectivity index (χ4n) is 5.49. The van der Waals surface area contributed by atoms with Crippen molar-refractivity contribution in [3.05, 3.63) is 23.3 Å². The van der Waals surface area contributed by atoms with Gasteiger partial charge in [0.15, 0.2) is 0 Å². The van der Waals surface area contributed by atoms with E-state index in [9.17, 15) is 10.2 Å². The first-order valence-electron chi connectivity index (χ1n) is 8.93. The molecule has 0 aromatic heterocycles. The van der Waals surface area contributed by atoms with Gasteiger partial charge >= 0.3 is 0 Å². The molecule has 0 spiro atoms. The van der Waals surface area contributed by atoms with Gasteiger partial charge in [0.05, 0.1) is 12.2 Å². The van der Waals surface area contributed by atoms with E-state index in [-0.39, 0.29) is 5.41 Å². The zero-order valence-electron chi connectivity index (χ0n) is 14.8. The van der Waals surface area contributed by atoms with Gasteiger partial charge in [-0.05, 0) is 55.8 Å². The molecule has 1 fully saturated rings. The Balaban J connectivity index is 2.07. The van der Waals surface area contributed by atoms with Crippen LogP contribution in [0.1, 0.15) is 60.3 Å². The van der Waals surface area contributed by atoms with E-state index in [1.165, 1.54) is 17.6 Å². The van der Waals surface area contributed by atoms with Gasteiger partial charge in [0, 0.05) is 5.41 Å². The van der Waals surface area contributed by atoms with Crippen LogP contribution in [0.25, 0.3) is 0 Å². The molecule has 2 heteroatoms. The monoisotopic (exact) mass is 304 g/mol. The first kappa shape index (κ1) is 16.3. The van der Waals surface area contributed by atoms with Crippen molar-refractivity contribution in [3.63, 3.8) is 0 Å². The van der Waals surface area contributed by atoms with E-state index in [0.29, 0.717) is 17.8 Å². The van der Waals surface area contributed by atoms with E-state index in [0.717, 1.165) is 19.3 Å². The summed E-state index contributed by atoms with van der Waals surface area (Å²) in [6.45, 7) is 11.2. The second kappa shape index (κ2) is 5.21. The second-order valence-corrected chi connectivity index (χ2v) is 8.88. The molecule has 1 saturated carbocycles. The predicted molar refractivity (Wildman–Crippen MR) is 90.4 cm³/mol. The maximum Gasteiger partial charge on any atom is 0.0807 e. The van der Waals surface area contributed by atoms with Crippen LogP contribution in [0.3, 0.4) is 0 Å². The van der Waals surface area contributed by atoms with E-state index < -0.39 is 17.6 Å². The number of aliphatic hydroxyl groups excluding tert-OH is 2. The van der Waals surface area contributed by atoms with Gasteiger partial charge in [-0.3, -0.25) is 0 Å². The summed E-state index contributed by atoms with van der Waals surface area (Å²) < 4.78 is 0. The van der Waals surface area contributed by atoms with Gasteiger partial charge in [-0.15, -0.1) is 0 Å². The molecule has 0 unspecified atom stereocenters. The molecule has 0 aromatic carbocycles. The predicted octanol–water partition coefficient (Wildman–Crippen LogP) is 4.08. The molecule has 0 aromatic rings. The van der Waals surface area contributed by atoms with Crippen molar-refractivity contribution in [2.45, 2.75) is 72.5 Å². The van der Waals surface area contributed by atoms with Gasteiger partial charge in [0.25, 0.3) is 0 Å². The van der Waals surface area contributed by atoms with E-state index in [1.54, 1.807) is 0 Å². The molecule has 0 bridgehead atoms. The number of aliphatic hydroxyl groups is 2. The Morgan fingerprint density at radius 3 is 2.55 bits per heavy atom. The average molecular weight is 304 g/mol. The third-order valence-corrected chi connectivity index (χ3v) is 7.13. The van der Waals surface area contributed by atoms with Gasteiger partial charge < -0.3 is 10.2 Å². The minimum Gasteiger partial charge on any atom is -0.392 e. The Labute approximate surface area is 135 Å². The zero-order chi connectivity index (χ0) is 16.3. The van der Waals surface area contributed by atoms with Gasteiger partial charge in [-0.25, -0.2) is 0 Å². The molecule has 2 N–H and O–H groups in total. The van der Waals surface area contributed by atoms with Crippen LogP contribution in [0.5, 0.6) is 0 Å². The number of rotatable bonds is 1. The lowest BCUT2D eigenvalue weighted by molar-refractivity contribution is -0.145. The van der Waals surface area contributed by atoms with Crippen LogP contribution in [-0.2, 0) is 0 Å². The highest BCUT2D eigenvalue weighted by atomic mass is 16.3. The van der Waals surface area contributed by atoms with Crippen molar-refractivity contribution in [1.29, 1.82) is 0 Å². The number of hydrogen-bond donors (Lipinski definition) is 2. The molecule has 22 heavy (non-hydrogen) atoms. The van der Waals surface area contributed by atoms with Gasteiger partial charge in [0.1, 0.15) is 0 Å². The lowest BCUT2D eigenvalue weighted by Crippen LogP contribution is -2.56. The minimum absolute atomic E-state index is 0.152. The maximum atomic E-state index is 11.0. The fourth-order valence-corrected chi connectivity index (χ4v) is 5.49. The summed E-state index contributed by atoms with van der Waals surface area (Å²) in [6, 6.07) is 0. The van der Waals surface area contributed by atoms with Gasteiger partial charge in [-0.2, -0.15) is 0 Å². The summed E-state index contributed by atoms with van der Waals surface area (Å²) in [6.07, 6.45) is 7.74. The summed E-state index contributed by atoms with van der Waals surface area (Å²) in [5.41, 5.74) is 2.62. The Morgan fingerprint density at radius 1 is 1.23 bits per heavy atom. The molecule has 0 aliphatic heterocycles. The first-order valence-corrected chi connectivity index (χ1v) is 8.93. The topological polar surface area (TPSA) is 40.5 Å². The third-order valence-electron chi connectivity index (χ3n) is 7.13. The van der Waals surface area contributed by atoms with Crippen molar-refractivity contribution in [3.8, 4) is 0 Å². The molecule has 3 rings (SSSR count). The second-order valence-electron chi connectivity index (χ2n) is 8.88. The first-order chi connectivity index (χ1) is 10.2. The molecule has 3 aliphatic carbocycles. The highest BCUT2D eigenvalue weighted by molar-refractivity contribution is 5.31. The highest BCUT2D eigenvalue weighted by Crippen LogP contribution is 2.63. The van der Waals surface area contributed by atoms with Crippen LogP contribution in [0.4, 0.5) is 0 Å². The van der Waals surface area contributed by atoms with Crippen LogP contribution >= 0.6 is 0 Å². The van der Waals surface area contributed by atoms with Crippen molar-refractivity contribution >= 4 is 0 Å². The van der Waals surface area contributed by atoms with E-state index >= 15 is 0 Å². The summed E-state index contributed by atoms with van der Waals surface area (Å²) in [5, 5.41) is 21.7. The maximum absolute atomic E-state index is 11.0. The fraction of sp³-hybridized carbons (Fsp3) is 0.800. The van der Waals surface area contributed by atoms with E-state index in [1.807, 2.05) is 0 Å². The molecule has 0 amide bonds. The summed E-state index contributed by atoms with van der Waals surface area (Å²) in [5.74, 6) is 1.31. The largest absolute Gasteiger partial charge is 0.392 e. The standard InChI is InChI=1S/C20H32O2/c1-12(2)14-10-16(21)20(5)17(22)11-19(4)9-8-13(3)6-7-15(19)18(14)20/h8,10,12,15-18,21-22H,6-7,9,11H2,1-5H3/t15-,16+,17+,18-,19-,20+/m1/s1. The lowest BCUT2D eigenvalue weighted by Gasteiger charge is -2.56. The van der Waals surface area contributed by atoms with Crippen LogP contribution < -0.4 is 0 Å². The quantitative estimate of drug-likeness (QED) is 0.717. The molecule has 6 atom stereocenters. The van der Waals surface area contributed by atoms with Crippen LogP contribution in [0, 0.1) is 28.6 Å². The summed E-state index contributed by atoms with van der Waals surface area (Å²) in [7, 11) is 0. The van der Waals surface area contributed by atoms with Crippen molar-refractivity contribution in [2.24, 2.45) is 28.6 Å². The molecule has 0 radical (unpaired) electrons. The van der Waals surface area contributed by atoms with Crippen molar-refractivity contribution in [2.75, 3.05) is 0 Å². The van der Waals surface area contributed by atoms with E-state index in [4.69, 9.17) is 0 Å². The molecule has 2 nitrogen and oxygen atoms in total. The number of hydrogen-bond acceptors (Lipinski definition) is 2. The van der Waals surface area contributed by atoms with E-state index in [2.05, 4.69) is 46.8 Å². The average Bonchev–Trinajstić information content (AvgIpc) is 2.61. The molecule has 3 aliphatic rings. The van der Waals surface area contributed by atoms with Crippen LogP contribution in [-0.4, -0.2) is 22.4 Å². The number of allylic oxidation sites excluding steroid dienone is 3. The lowest BCUT2D eigenvalue weighted by atomic mass is 9.49. The molecule has 124 valence electrons. The smallest absolute Gasteiger partial charge is 0.0807 e. The normalized spacial score (nSPS) is 48.4. The Morgan fingerprint density at radius 2 is 1.91 bits per heavy atom. The Bertz CT molecular complexity index is 518. The molecular weight excluding hydrogens is 272 g/mol. The summed E-state index contributed by atoms with van der Waals surface area (Å²) >= 11 is 0. The Kier molecular flexibility index (Phi) is 3.85. The van der Waals surface area contributed by atoms with Crippen LogP contribution in [0.15, 0.2) is 23.3 Å². The minimum atomic E-state index is -0.508. The molecule has 0 heterocycles. The van der Waals surface area contributed by atoms with Gasteiger partial charge in [-0.1, -0.05) is 51.0 Å². The highest BCUT2D eigenvalue weighted by Gasteiger charge is 2.61. The third kappa shape index (κ3) is 2.14. The Hall–Kier alpha value is -0.600. The molecular formula is C20H32O2. The van der Waals surface area contributed by atoms with Crippen LogP contribution in [0.2, 0.25) is 0 Å². The number of fused-ring (bicyclic) bond motifs is 3.